The van der Waals surface area contributed by atoms with E-state index in [2.05, 4.69) is 20.5 Å². The molecule has 0 saturated carbocycles. The maximum atomic E-state index is 12.4. The van der Waals surface area contributed by atoms with Gasteiger partial charge in [0, 0.05) is 12.7 Å². The molecule has 9 heteroatoms. The smallest absolute Gasteiger partial charge is 0.238 e. The predicted octanol–water partition coefficient (Wildman–Crippen LogP) is 4.19. The summed E-state index contributed by atoms with van der Waals surface area (Å²) in [4.78, 5) is 17.5. The molecule has 1 atom stereocenters. The fourth-order valence-electron chi connectivity index (χ4n) is 2.14. The number of thioether (sulfide) groups is 1. The fraction of sp³-hybridized carbons (Fsp3) is 0.250. The maximum absolute atomic E-state index is 12.4. The van der Waals surface area contributed by atoms with E-state index >= 15 is 0 Å². The molecule has 0 spiro atoms. The zero-order chi connectivity index (χ0) is 17.8. The average Bonchev–Trinajstić information content (AvgIpc) is 3.25. The molecular weight excluding hydrogens is 378 g/mol. The molecule has 0 aliphatic carbocycles. The van der Waals surface area contributed by atoms with E-state index in [0.717, 1.165) is 22.4 Å². The minimum Gasteiger partial charge on any atom is -0.310 e. The molecule has 0 saturated heterocycles. The van der Waals surface area contributed by atoms with Crippen molar-refractivity contribution in [2.45, 2.75) is 30.8 Å². The highest BCUT2D eigenvalue weighted by Gasteiger charge is 2.21. The highest BCUT2D eigenvalue weighted by atomic mass is 35.5. The van der Waals surface area contributed by atoms with Gasteiger partial charge in [0.1, 0.15) is 5.82 Å². The number of halogens is 1. The van der Waals surface area contributed by atoms with Gasteiger partial charge < -0.3 is 9.88 Å². The predicted molar refractivity (Wildman–Crippen MR) is 102 cm³/mol. The number of carbonyl (C=O) groups is 1. The molecule has 1 N–H and O–H groups in total. The minimum absolute atomic E-state index is 0.150. The van der Waals surface area contributed by atoms with Gasteiger partial charge in [-0.3, -0.25) is 4.79 Å². The third kappa shape index (κ3) is 4.20. The zero-order valence-corrected chi connectivity index (χ0v) is 16.0. The minimum atomic E-state index is -0.344. The molecule has 3 aromatic heterocycles. The number of anilines is 1. The molecule has 0 bridgehead atoms. The summed E-state index contributed by atoms with van der Waals surface area (Å²) in [5.74, 6) is 1.15. The van der Waals surface area contributed by atoms with Crippen LogP contribution in [0.5, 0.6) is 0 Å². The van der Waals surface area contributed by atoms with E-state index in [-0.39, 0.29) is 11.2 Å². The van der Waals surface area contributed by atoms with Crippen molar-refractivity contribution < 1.29 is 4.79 Å². The topological polar surface area (TPSA) is 72.7 Å². The standard InChI is InChI=1S/C16H16ClN5OS2/c1-3-22-14(12-5-4-8-24-12)20-21-16(22)25-10(2)15(23)19-13-7-6-11(17)9-18-13/h4-10H,3H2,1-2H3,(H,18,19,23)/t10-/m1/s1. The van der Waals surface area contributed by atoms with Gasteiger partial charge in [-0.25, -0.2) is 4.98 Å². The molecule has 1 amide bonds. The van der Waals surface area contributed by atoms with E-state index in [0.29, 0.717) is 10.8 Å². The lowest BCUT2D eigenvalue weighted by molar-refractivity contribution is -0.115. The van der Waals surface area contributed by atoms with Crippen molar-refractivity contribution in [3.8, 4) is 10.7 Å². The summed E-state index contributed by atoms with van der Waals surface area (Å²) in [6.45, 7) is 4.60. The molecule has 0 aliphatic rings. The van der Waals surface area contributed by atoms with Gasteiger partial charge >= 0.3 is 0 Å². The van der Waals surface area contributed by atoms with Crippen LogP contribution in [0.15, 0.2) is 41.0 Å². The van der Waals surface area contributed by atoms with Crippen molar-refractivity contribution in [1.29, 1.82) is 0 Å². The Hall–Kier alpha value is -1.90. The van der Waals surface area contributed by atoms with E-state index in [9.17, 15) is 4.79 Å². The second-order valence-electron chi connectivity index (χ2n) is 5.14. The Balaban J connectivity index is 1.71. The SMILES string of the molecule is CCn1c(S[C@H](C)C(=O)Nc2ccc(Cl)cn2)nnc1-c1cccs1. The second kappa shape index (κ2) is 7.99. The molecule has 0 aliphatic heterocycles. The normalized spacial score (nSPS) is 12.1. The lowest BCUT2D eigenvalue weighted by atomic mass is 10.4. The number of carbonyl (C=O) groups excluding carboxylic acids is 1. The van der Waals surface area contributed by atoms with Crippen molar-refractivity contribution in [3.05, 3.63) is 40.9 Å². The highest BCUT2D eigenvalue weighted by Crippen LogP contribution is 2.29. The van der Waals surface area contributed by atoms with E-state index < -0.39 is 0 Å². The molecule has 0 fully saturated rings. The third-order valence-corrected chi connectivity index (χ3v) is 5.57. The van der Waals surface area contributed by atoms with Crippen LogP contribution in [-0.4, -0.2) is 30.9 Å². The monoisotopic (exact) mass is 393 g/mol. The molecule has 0 radical (unpaired) electrons. The summed E-state index contributed by atoms with van der Waals surface area (Å²) in [6, 6.07) is 7.35. The molecule has 3 aromatic rings. The van der Waals surface area contributed by atoms with Gasteiger partial charge in [-0.15, -0.1) is 21.5 Å². The Kier molecular flexibility index (Phi) is 5.72. The van der Waals surface area contributed by atoms with Crippen LogP contribution >= 0.6 is 34.7 Å². The lowest BCUT2D eigenvalue weighted by Crippen LogP contribution is -2.23. The summed E-state index contributed by atoms with van der Waals surface area (Å²) in [6.07, 6.45) is 1.50. The summed E-state index contributed by atoms with van der Waals surface area (Å²) in [7, 11) is 0. The zero-order valence-electron chi connectivity index (χ0n) is 13.6. The van der Waals surface area contributed by atoms with E-state index in [1.54, 1.807) is 23.5 Å². The first kappa shape index (κ1) is 17.9. The molecule has 6 nitrogen and oxygen atoms in total. The van der Waals surface area contributed by atoms with E-state index in [1.807, 2.05) is 35.9 Å². The van der Waals surface area contributed by atoms with Crippen molar-refractivity contribution in [3.63, 3.8) is 0 Å². The van der Waals surface area contributed by atoms with E-state index in [4.69, 9.17) is 11.6 Å². The van der Waals surface area contributed by atoms with Crippen LogP contribution in [0.3, 0.4) is 0 Å². The lowest BCUT2D eigenvalue weighted by Gasteiger charge is -2.12. The van der Waals surface area contributed by atoms with Crippen LogP contribution in [0.1, 0.15) is 13.8 Å². The average molecular weight is 394 g/mol. The van der Waals surface area contributed by atoms with Crippen molar-refractivity contribution in [2.75, 3.05) is 5.32 Å². The Morgan fingerprint density at radius 1 is 1.40 bits per heavy atom. The van der Waals surface area contributed by atoms with Gasteiger partial charge in [0.15, 0.2) is 11.0 Å². The van der Waals surface area contributed by atoms with Gasteiger partial charge in [-0.1, -0.05) is 29.4 Å². The second-order valence-corrected chi connectivity index (χ2v) is 7.83. The van der Waals surface area contributed by atoms with Crippen LogP contribution in [0, 0.1) is 0 Å². The Morgan fingerprint density at radius 2 is 2.24 bits per heavy atom. The molecule has 25 heavy (non-hydrogen) atoms. The van der Waals surface area contributed by atoms with Crippen molar-refractivity contribution in [1.82, 2.24) is 19.7 Å². The first-order valence-electron chi connectivity index (χ1n) is 7.64. The number of rotatable bonds is 6. The number of hydrogen-bond donors (Lipinski definition) is 1. The molecule has 130 valence electrons. The molecule has 3 rings (SSSR count). The van der Waals surface area contributed by atoms with Gasteiger partial charge in [0.05, 0.1) is 15.1 Å². The van der Waals surface area contributed by atoms with Gasteiger partial charge in [0.25, 0.3) is 0 Å². The Labute approximate surface area is 158 Å². The van der Waals surface area contributed by atoms with E-state index in [1.165, 1.54) is 18.0 Å². The number of pyridine rings is 1. The number of thiophene rings is 1. The maximum Gasteiger partial charge on any atom is 0.238 e. The van der Waals surface area contributed by atoms with Crippen LogP contribution in [-0.2, 0) is 11.3 Å². The number of nitrogens with zero attached hydrogens (tertiary/aromatic N) is 4. The van der Waals surface area contributed by atoms with Gasteiger partial charge in [0.2, 0.25) is 5.91 Å². The largest absolute Gasteiger partial charge is 0.310 e. The molecular formula is C16H16ClN5OS2. The molecule has 3 heterocycles. The van der Waals surface area contributed by atoms with Crippen LogP contribution in [0.4, 0.5) is 5.82 Å². The van der Waals surface area contributed by atoms with Crippen molar-refractivity contribution in [2.24, 2.45) is 0 Å². The van der Waals surface area contributed by atoms with Gasteiger partial charge in [-0.05, 0) is 37.4 Å². The number of amides is 1. The van der Waals surface area contributed by atoms with Crippen LogP contribution in [0.25, 0.3) is 10.7 Å². The quantitative estimate of drug-likeness (QED) is 0.635. The highest BCUT2D eigenvalue weighted by molar-refractivity contribution is 8.00. The fourth-order valence-corrected chi connectivity index (χ4v) is 3.88. The third-order valence-electron chi connectivity index (χ3n) is 3.40. The molecule has 0 aromatic carbocycles. The first-order valence-corrected chi connectivity index (χ1v) is 9.78. The summed E-state index contributed by atoms with van der Waals surface area (Å²) in [5.41, 5.74) is 0. The summed E-state index contributed by atoms with van der Waals surface area (Å²) < 4.78 is 2.01. The first-order chi connectivity index (χ1) is 12.1. The Morgan fingerprint density at radius 3 is 2.88 bits per heavy atom. The van der Waals surface area contributed by atoms with Gasteiger partial charge in [-0.2, -0.15) is 0 Å². The number of hydrogen-bond acceptors (Lipinski definition) is 6. The van der Waals surface area contributed by atoms with Crippen molar-refractivity contribution >= 4 is 46.4 Å². The number of nitrogens with one attached hydrogen (secondary N) is 1. The Bertz CT molecular complexity index is 848. The summed E-state index contributed by atoms with van der Waals surface area (Å²) >= 11 is 8.79. The van der Waals surface area contributed by atoms with Crippen LogP contribution < -0.4 is 5.32 Å². The molecule has 0 unspecified atom stereocenters. The summed E-state index contributed by atoms with van der Waals surface area (Å²) in [5, 5.41) is 14.2. The van der Waals surface area contributed by atoms with Crippen LogP contribution in [0.2, 0.25) is 5.02 Å². The number of aromatic nitrogens is 4.